The number of carbonyl (C=O) groups is 2. The molecule has 0 atom stereocenters. The average molecular weight is 411 g/mol. The van der Waals surface area contributed by atoms with Gasteiger partial charge in [-0.05, 0) is 13.0 Å². The number of aromatic nitrogens is 1. The largest absolute Gasteiger partial charge is 0.496 e. The van der Waals surface area contributed by atoms with Crippen LogP contribution in [0.15, 0.2) is 53.1 Å². The molecule has 1 heterocycles. The van der Waals surface area contributed by atoms with Gasteiger partial charge in [0.25, 0.3) is 11.6 Å². The van der Waals surface area contributed by atoms with Gasteiger partial charge in [0.05, 0.1) is 12.0 Å². The number of aryl methyl sites for hydroxylation is 1. The van der Waals surface area contributed by atoms with Crippen molar-refractivity contribution in [3.8, 4) is 17.0 Å². The summed E-state index contributed by atoms with van der Waals surface area (Å²) in [6.45, 7) is 1.33. The molecule has 0 saturated heterocycles. The van der Waals surface area contributed by atoms with Gasteiger partial charge in [-0.3, -0.25) is 20.2 Å². The molecule has 0 saturated carbocycles. The highest BCUT2D eigenvalue weighted by molar-refractivity contribution is 5.96. The Morgan fingerprint density at radius 1 is 1.17 bits per heavy atom. The number of nitrogens with one attached hydrogen (secondary N) is 1. The van der Waals surface area contributed by atoms with Crippen LogP contribution in [0.2, 0.25) is 0 Å². The summed E-state index contributed by atoms with van der Waals surface area (Å²) in [4.78, 5) is 34.5. The zero-order chi connectivity index (χ0) is 21.7. The van der Waals surface area contributed by atoms with E-state index in [0.717, 1.165) is 17.2 Å². The van der Waals surface area contributed by atoms with Crippen LogP contribution in [-0.2, 0) is 9.53 Å². The maximum atomic E-state index is 12.2. The van der Waals surface area contributed by atoms with Gasteiger partial charge >= 0.3 is 5.97 Å². The molecule has 2 aromatic carbocycles. The number of rotatable bonds is 7. The lowest BCUT2D eigenvalue weighted by atomic mass is 10.1. The van der Waals surface area contributed by atoms with Crippen LogP contribution in [0.3, 0.4) is 0 Å². The summed E-state index contributed by atoms with van der Waals surface area (Å²) < 4.78 is 15.0. The number of hydrogen-bond donors (Lipinski definition) is 1. The molecule has 10 heteroatoms. The molecule has 10 nitrogen and oxygen atoms in total. The molecular weight excluding hydrogens is 394 g/mol. The SMILES string of the molecule is COc1ccc([N+](=O)[O-])cc1C(=O)OCC(=O)Nc1cc(-c2ccc(C)cc2)no1. The Morgan fingerprint density at radius 3 is 2.57 bits per heavy atom. The topological polar surface area (TPSA) is 134 Å². The van der Waals surface area contributed by atoms with Crippen molar-refractivity contribution in [3.05, 3.63) is 69.8 Å². The van der Waals surface area contributed by atoms with Crippen LogP contribution < -0.4 is 10.1 Å². The van der Waals surface area contributed by atoms with Crippen LogP contribution in [0.1, 0.15) is 15.9 Å². The molecule has 0 fully saturated rings. The predicted molar refractivity (Wildman–Crippen MR) is 105 cm³/mol. The third-order valence-corrected chi connectivity index (χ3v) is 4.07. The summed E-state index contributed by atoms with van der Waals surface area (Å²) in [5.74, 6) is -1.44. The fourth-order valence-electron chi connectivity index (χ4n) is 2.55. The number of methoxy groups -OCH3 is 1. The van der Waals surface area contributed by atoms with Crippen LogP contribution in [0, 0.1) is 17.0 Å². The van der Waals surface area contributed by atoms with E-state index in [-0.39, 0.29) is 22.9 Å². The number of nitro benzene ring substituents is 1. The number of benzene rings is 2. The standard InChI is InChI=1S/C20H17N3O7/c1-12-3-5-13(6-4-12)16-10-19(30-22-16)21-18(24)11-29-20(25)15-9-14(23(26)27)7-8-17(15)28-2/h3-10H,11H2,1-2H3,(H,21,24). The lowest BCUT2D eigenvalue weighted by Gasteiger charge is -2.08. The average Bonchev–Trinajstić information content (AvgIpc) is 3.20. The second-order valence-electron chi connectivity index (χ2n) is 6.21. The minimum absolute atomic E-state index is 0.0829. The molecule has 0 aliphatic heterocycles. The summed E-state index contributed by atoms with van der Waals surface area (Å²) in [5, 5.41) is 17.2. The first kappa shape index (κ1) is 20.5. The highest BCUT2D eigenvalue weighted by Crippen LogP contribution is 2.25. The molecule has 0 unspecified atom stereocenters. The quantitative estimate of drug-likeness (QED) is 0.355. The molecule has 0 aliphatic carbocycles. The molecule has 154 valence electrons. The zero-order valence-corrected chi connectivity index (χ0v) is 16.1. The lowest BCUT2D eigenvalue weighted by Crippen LogP contribution is -2.21. The third kappa shape index (κ3) is 4.79. The van der Waals surface area contributed by atoms with Gasteiger partial charge in [0.1, 0.15) is 17.0 Å². The molecule has 3 rings (SSSR count). The number of nitrogens with zero attached hydrogens (tertiary/aromatic N) is 2. The fraction of sp³-hybridized carbons (Fsp3) is 0.150. The zero-order valence-electron chi connectivity index (χ0n) is 16.1. The van der Waals surface area contributed by atoms with Crippen LogP contribution in [0.25, 0.3) is 11.3 Å². The van der Waals surface area contributed by atoms with Crippen LogP contribution in [0.5, 0.6) is 5.75 Å². The Hall–Kier alpha value is -4.21. The van der Waals surface area contributed by atoms with Gasteiger partial charge in [-0.1, -0.05) is 35.0 Å². The Labute approximate surface area is 170 Å². The van der Waals surface area contributed by atoms with E-state index in [1.165, 1.54) is 25.3 Å². The smallest absolute Gasteiger partial charge is 0.342 e. The van der Waals surface area contributed by atoms with E-state index in [2.05, 4.69) is 10.5 Å². The summed E-state index contributed by atoms with van der Waals surface area (Å²) >= 11 is 0. The van der Waals surface area contributed by atoms with Crippen LogP contribution >= 0.6 is 0 Å². The number of ether oxygens (including phenoxy) is 2. The summed E-state index contributed by atoms with van der Waals surface area (Å²) in [7, 11) is 1.31. The lowest BCUT2D eigenvalue weighted by molar-refractivity contribution is -0.384. The number of carbonyl (C=O) groups excluding carboxylic acids is 2. The van der Waals surface area contributed by atoms with Crippen molar-refractivity contribution >= 4 is 23.4 Å². The molecule has 30 heavy (non-hydrogen) atoms. The third-order valence-electron chi connectivity index (χ3n) is 4.07. The van der Waals surface area contributed by atoms with Crippen molar-refractivity contribution in [2.45, 2.75) is 6.92 Å². The van der Waals surface area contributed by atoms with E-state index in [0.29, 0.717) is 5.69 Å². The molecule has 1 amide bonds. The van der Waals surface area contributed by atoms with Gasteiger partial charge in [-0.2, -0.15) is 0 Å². The number of anilines is 1. The van der Waals surface area contributed by atoms with Gasteiger partial charge in [0.15, 0.2) is 6.61 Å². The molecular formula is C20H17N3O7. The number of amides is 1. The number of esters is 1. The number of hydrogen-bond acceptors (Lipinski definition) is 8. The summed E-state index contributed by atoms with van der Waals surface area (Å²) in [6.07, 6.45) is 0. The molecule has 0 spiro atoms. The van der Waals surface area contributed by atoms with E-state index < -0.39 is 23.4 Å². The fourth-order valence-corrected chi connectivity index (χ4v) is 2.55. The number of non-ortho nitro benzene ring substituents is 1. The first-order valence-corrected chi connectivity index (χ1v) is 8.70. The Kier molecular flexibility index (Phi) is 6.06. The first-order chi connectivity index (χ1) is 14.4. The first-order valence-electron chi connectivity index (χ1n) is 8.70. The normalized spacial score (nSPS) is 10.3. The van der Waals surface area contributed by atoms with Crippen molar-refractivity contribution in [2.24, 2.45) is 0 Å². The van der Waals surface area contributed by atoms with E-state index in [9.17, 15) is 19.7 Å². The van der Waals surface area contributed by atoms with Crippen molar-refractivity contribution in [1.82, 2.24) is 5.16 Å². The maximum Gasteiger partial charge on any atom is 0.342 e. The Morgan fingerprint density at radius 2 is 1.90 bits per heavy atom. The second kappa shape index (κ2) is 8.86. The van der Waals surface area contributed by atoms with Gasteiger partial charge in [0, 0.05) is 23.8 Å². The van der Waals surface area contributed by atoms with Gasteiger partial charge < -0.3 is 14.0 Å². The molecule has 0 radical (unpaired) electrons. The molecule has 1 N–H and O–H groups in total. The number of nitro groups is 1. The highest BCUT2D eigenvalue weighted by Gasteiger charge is 2.20. The monoisotopic (exact) mass is 411 g/mol. The Bertz CT molecular complexity index is 1090. The van der Waals surface area contributed by atoms with Crippen molar-refractivity contribution in [1.29, 1.82) is 0 Å². The maximum absolute atomic E-state index is 12.2. The summed E-state index contributed by atoms with van der Waals surface area (Å²) in [6, 6.07) is 12.6. The van der Waals surface area contributed by atoms with Crippen molar-refractivity contribution < 1.29 is 28.5 Å². The van der Waals surface area contributed by atoms with Crippen LogP contribution in [-0.4, -0.2) is 35.7 Å². The van der Waals surface area contributed by atoms with Gasteiger partial charge in [-0.25, -0.2) is 4.79 Å². The van der Waals surface area contributed by atoms with Gasteiger partial charge in [-0.15, -0.1) is 0 Å². The van der Waals surface area contributed by atoms with Crippen molar-refractivity contribution in [2.75, 3.05) is 19.0 Å². The van der Waals surface area contributed by atoms with Crippen LogP contribution in [0.4, 0.5) is 11.6 Å². The minimum atomic E-state index is -0.941. The highest BCUT2D eigenvalue weighted by atomic mass is 16.6. The van der Waals surface area contributed by atoms with E-state index in [4.69, 9.17) is 14.0 Å². The summed E-state index contributed by atoms with van der Waals surface area (Å²) in [5.41, 5.74) is 1.97. The van der Waals surface area contributed by atoms with E-state index in [1.54, 1.807) is 0 Å². The molecule has 0 aliphatic rings. The second-order valence-corrected chi connectivity index (χ2v) is 6.21. The minimum Gasteiger partial charge on any atom is -0.496 e. The van der Waals surface area contributed by atoms with E-state index >= 15 is 0 Å². The van der Waals surface area contributed by atoms with Crippen molar-refractivity contribution in [3.63, 3.8) is 0 Å². The van der Waals surface area contributed by atoms with Gasteiger partial charge in [0.2, 0.25) is 5.88 Å². The molecule has 0 bridgehead atoms. The molecule has 1 aromatic heterocycles. The predicted octanol–water partition coefficient (Wildman–Crippen LogP) is 3.36. The molecule has 3 aromatic rings. The van der Waals surface area contributed by atoms with E-state index in [1.807, 2.05) is 31.2 Å². The Balaban J connectivity index is 1.61.